The summed E-state index contributed by atoms with van der Waals surface area (Å²) in [6.45, 7) is 1.65. The molecule has 19 heavy (non-hydrogen) atoms. The fourth-order valence-electron chi connectivity index (χ4n) is 1.48. The molecule has 0 saturated heterocycles. The molecule has 0 spiro atoms. The fourth-order valence-corrected chi connectivity index (χ4v) is 1.66. The second-order valence-electron chi connectivity index (χ2n) is 4.52. The van der Waals surface area contributed by atoms with Gasteiger partial charge in [-0.25, -0.2) is 4.39 Å². The van der Waals surface area contributed by atoms with Crippen LogP contribution in [-0.4, -0.2) is 27.4 Å². The molecular weight excluding hydrogens is 273 g/mol. The van der Waals surface area contributed by atoms with Crippen molar-refractivity contribution in [2.45, 2.75) is 18.9 Å². The Morgan fingerprint density at radius 2 is 2.26 bits per heavy atom. The van der Waals surface area contributed by atoms with Crippen molar-refractivity contribution in [1.29, 1.82) is 0 Å². The van der Waals surface area contributed by atoms with E-state index in [0.29, 0.717) is 5.56 Å². The standard InChI is InChI=1S/C12H13ClFN3O2/c1-12(18,6-15)5-10-16-11(17-19-10)7-2-3-9(14)8(13)4-7/h2-4,18H,5-6,15H2,1H3. The highest BCUT2D eigenvalue weighted by Crippen LogP contribution is 2.23. The summed E-state index contributed by atoms with van der Waals surface area (Å²) in [7, 11) is 0. The van der Waals surface area contributed by atoms with Crippen LogP contribution in [0.15, 0.2) is 22.7 Å². The molecule has 1 unspecified atom stereocenters. The van der Waals surface area contributed by atoms with Gasteiger partial charge in [-0.15, -0.1) is 0 Å². The third-order valence-electron chi connectivity index (χ3n) is 2.62. The molecule has 1 atom stereocenters. The van der Waals surface area contributed by atoms with E-state index in [-0.39, 0.29) is 29.7 Å². The molecule has 102 valence electrons. The Kier molecular flexibility index (Phi) is 3.84. The SMILES string of the molecule is CC(O)(CN)Cc1nc(-c2ccc(F)c(Cl)c2)no1. The summed E-state index contributed by atoms with van der Waals surface area (Å²) < 4.78 is 18.1. The summed E-state index contributed by atoms with van der Waals surface area (Å²) in [5, 5.41) is 13.6. The summed E-state index contributed by atoms with van der Waals surface area (Å²) in [6.07, 6.45) is 0.144. The number of rotatable bonds is 4. The van der Waals surface area contributed by atoms with Gasteiger partial charge in [-0.2, -0.15) is 4.98 Å². The molecule has 1 aromatic heterocycles. The van der Waals surface area contributed by atoms with Gasteiger partial charge in [0.15, 0.2) is 0 Å². The van der Waals surface area contributed by atoms with Crippen LogP contribution in [0.5, 0.6) is 0 Å². The molecule has 0 radical (unpaired) electrons. The van der Waals surface area contributed by atoms with E-state index in [1.54, 1.807) is 6.92 Å². The first kappa shape index (κ1) is 13.9. The van der Waals surface area contributed by atoms with Crippen molar-refractivity contribution in [2.24, 2.45) is 5.73 Å². The van der Waals surface area contributed by atoms with Gasteiger partial charge in [0, 0.05) is 12.1 Å². The molecule has 3 N–H and O–H groups in total. The number of nitrogens with zero attached hydrogens (tertiary/aromatic N) is 2. The number of halogens is 2. The number of aromatic nitrogens is 2. The van der Waals surface area contributed by atoms with Crippen LogP contribution in [0.3, 0.4) is 0 Å². The largest absolute Gasteiger partial charge is 0.388 e. The Bertz CT molecular complexity index is 586. The summed E-state index contributed by atoms with van der Waals surface area (Å²) in [4.78, 5) is 4.11. The van der Waals surface area contributed by atoms with E-state index in [0.717, 1.165) is 0 Å². The predicted octanol–water partition coefficient (Wildman–Crippen LogP) is 1.78. The molecule has 1 aromatic carbocycles. The Hall–Kier alpha value is -1.50. The van der Waals surface area contributed by atoms with Gasteiger partial charge in [0.05, 0.1) is 17.0 Å². The molecule has 0 aliphatic rings. The second kappa shape index (κ2) is 5.24. The highest BCUT2D eigenvalue weighted by molar-refractivity contribution is 6.31. The zero-order chi connectivity index (χ0) is 14.0. The van der Waals surface area contributed by atoms with Gasteiger partial charge in [-0.05, 0) is 25.1 Å². The molecule has 7 heteroatoms. The number of benzene rings is 1. The zero-order valence-corrected chi connectivity index (χ0v) is 11.0. The number of hydrogen-bond donors (Lipinski definition) is 2. The lowest BCUT2D eigenvalue weighted by atomic mass is 10.0. The van der Waals surface area contributed by atoms with Gasteiger partial charge in [-0.3, -0.25) is 0 Å². The van der Waals surface area contributed by atoms with Crippen molar-refractivity contribution in [3.63, 3.8) is 0 Å². The molecule has 0 amide bonds. The predicted molar refractivity (Wildman–Crippen MR) is 68.1 cm³/mol. The summed E-state index contributed by atoms with van der Waals surface area (Å²) in [5.41, 5.74) is 4.84. The number of hydrogen-bond acceptors (Lipinski definition) is 5. The maximum Gasteiger partial charge on any atom is 0.229 e. The van der Waals surface area contributed by atoms with Crippen LogP contribution in [0.2, 0.25) is 5.02 Å². The Morgan fingerprint density at radius 1 is 1.53 bits per heavy atom. The van der Waals surface area contributed by atoms with Gasteiger partial charge in [-0.1, -0.05) is 16.8 Å². The van der Waals surface area contributed by atoms with E-state index in [1.807, 2.05) is 0 Å². The van der Waals surface area contributed by atoms with E-state index in [4.69, 9.17) is 21.9 Å². The minimum atomic E-state index is -1.11. The normalized spacial score (nSPS) is 14.4. The lowest BCUT2D eigenvalue weighted by Gasteiger charge is -2.17. The lowest BCUT2D eigenvalue weighted by Crippen LogP contribution is -2.36. The third kappa shape index (κ3) is 3.28. The van der Waals surface area contributed by atoms with Gasteiger partial charge in [0.25, 0.3) is 0 Å². The molecular formula is C12H13ClFN3O2. The van der Waals surface area contributed by atoms with Gasteiger partial charge in [0.1, 0.15) is 5.82 Å². The zero-order valence-electron chi connectivity index (χ0n) is 10.2. The molecule has 1 heterocycles. The van der Waals surface area contributed by atoms with Gasteiger partial charge >= 0.3 is 0 Å². The molecule has 0 aliphatic heterocycles. The number of nitrogens with two attached hydrogens (primary N) is 1. The maximum atomic E-state index is 13.0. The van der Waals surface area contributed by atoms with E-state index >= 15 is 0 Å². The van der Waals surface area contributed by atoms with Crippen LogP contribution in [0.4, 0.5) is 4.39 Å². The van der Waals surface area contributed by atoms with E-state index in [9.17, 15) is 9.50 Å². The van der Waals surface area contributed by atoms with Crippen molar-refractivity contribution in [1.82, 2.24) is 10.1 Å². The Balaban J connectivity index is 2.23. The van der Waals surface area contributed by atoms with Crippen molar-refractivity contribution >= 4 is 11.6 Å². The maximum absolute atomic E-state index is 13.0. The van der Waals surface area contributed by atoms with E-state index in [1.165, 1.54) is 18.2 Å². The van der Waals surface area contributed by atoms with Gasteiger partial charge < -0.3 is 15.4 Å². The highest BCUT2D eigenvalue weighted by Gasteiger charge is 2.23. The van der Waals surface area contributed by atoms with Crippen LogP contribution in [0.1, 0.15) is 12.8 Å². The van der Waals surface area contributed by atoms with Crippen LogP contribution in [-0.2, 0) is 6.42 Å². The van der Waals surface area contributed by atoms with Crippen molar-refractivity contribution < 1.29 is 14.0 Å². The molecule has 0 bridgehead atoms. The smallest absolute Gasteiger partial charge is 0.229 e. The first-order chi connectivity index (χ1) is 8.91. The number of aliphatic hydroxyl groups is 1. The molecule has 0 saturated carbocycles. The van der Waals surface area contributed by atoms with E-state index < -0.39 is 11.4 Å². The molecule has 5 nitrogen and oxygen atoms in total. The Labute approximate surface area is 114 Å². The van der Waals surface area contributed by atoms with E-state index in [2.05, 4.69) is 10.1 Å². The first-order valence-electron chi connectivity index (χ1n) is 5.62. The molecule has 0 aliphatic carbocycles. The minimum absolute atomic E-state index is 0.0159. The Morgan fingerprint density at radius 3 is 2.89 bits per heavy atom. The second-order valence-corrected chi connectivity index (χ2v) is 4.93. The van der Waals surface area contributed by atoms with Crippen LogP contribution >= 0.6 is 11.6 Å². The average molecular weight is 286 g/mol. The van der Waals surface area contributed by atoms with Crippen molar-refractivity contribution in [3.05, 3.63) is 34.9 Å². The topological polar surface area (TPSA) is 85.2 Å². The minimum Gasteiger partial charge on any atom is -0.388 e. The van der Waals surface area contributed by atoms with Crippen LogP contribution in [0.25, 0.3) is 11.4 Å². The lowest BCUT2D eigenvalue weighted by molar-refractivity contribution is 0.0610. The third-order valence-corrected chi connectivity index (χ3v) is 2.91. The molecule has 0 fully saturated rings. The first-order valence-corrected chi connectivity index (χ1v) is 5.99. The summed E-state index contributed by atoms with van der Waals surface area (Å²) in [5.74, 6) is 0.0239. The summed E-state index contributed by atoms with van der Waals surface area (Å²) in [6, 6.07) is 4.13. The molecule has 2 aromatic rings. The van der Waals surface area contributed by atoms with Gasteiger partial charge in [0.2, 0.25) is 11.7 Å². The highest BCUT2D eigenvalue weighted by atomic mass is 35.5. The average Bonchev–Trinajstić information content (AvgIpc) is 2.80. The van der Waals surface area contributed by atoms with Crippen molar-refractivity contribution in [3.8, 4) is 11.4 Å². The molecule has 2 rings (SSSR count). The van der Waals surface area contributed by atoms with Crippen LogP contribution < -0.4 is 5.73 Å². The van der Waals surface area contributed by atoms with Crippen LogP contribution in [0, 0.1) is 5.82 Å². The van der Waals surface area contributed by atoms with Crippen molar-refractivity contribution in [2.75, 3.05) is 6.54 Å². The fraction of sp³-hybridized carbons (Fsp3) is 0.333. The quantitative estimate of drug-likeness (QED) is 0.894. The monoisotopic (exact) mass is 285 g/mol. The summed E-state index contributed by atoms with van der Waals surface area (Å²) >= 11 is 5.68.